The molecule has 4 fully saturated rings. The molecule has 0 unspecified atom stereocenters. The summed E-state index contributed by atoms with van der Waals surface area (Å²) in [5.74, 6) is 0.850. The first kappa shape index (κ1) is 18.8. The largest absolute Gasteiger partial charge is 0.433 e. The van der Waals surface area contributed by atoms with Gasteiger partial charge in [-0.25, -0.2) is 9.67 Å². The van der Waals surface area contributed by atoms with Gasteiger partial charge in [0.05, 0.1) is 16.0 Å². The van der Waals surface area contributed by atoms with Crippen molar-refractivity contribution in [2.24, 2.45) is 17.3 Å². The molecular weight excluding hydrogens is 402 g/mol. The summed E-state index contributed by atoms with van der Waals surface area (Å²) in [6.07, 6.45) is 9.02. The van der Waals surface area contributed by atoms with Crippen LogP contribution in [0.2, 0.25) is 5.02 Å². The summed E-state index contributed by atoms with van der Waals surface area (Å²) in [7, 11) is 0. The lowest BCUT2D eigenvalue weighted by Crippen LogP contribution is -2.60. The highest BCUT2D eigenvalue weighted by atomic mass is 35.5. The number of benzene rings is 1. The van der Waals surface area contributed by atoms with Gasteiger partial charge in [-0.2, -0.15) is 13.9 Å². The number of nitrogens with zero attached hydrogens (tertiary/aromatic N) is 3. The molecule has 4 aliphatic carbocycles. The maximum absolute atomic E-state index is 13.4. The molecule has 0 aliphatic heterocycles. The van der Waals surface area contributed by atoms with E-state index < -0.39 is 12.0 Å². The summed E-state index contributed by atoms with van der Waals surface area (Å²) in [5.41, 5.74) is -0.127. The first-order chi connectivity index (χ1) is 13.9. The first-order valence-electron chi connectivity index (χ1n) is 9.78. The van der Waals surface area contributed by atoms with Gasteiger partial charge in [-0.05, 0) is 68.6 Å². The third-order valence-corrected chi connectivity index (χ3v) is 7.12. The number of amides is 1. The van der Waals surface area contributed by atoms with E-state index in [1.54, 1.807) is 12.7 Å². The number of hydrogen-bond donors (Lipinski definition) is 1. The Balaban J connectivity index is 1.39. The van der Waals surface area contributed by atoms with E-state index in [4.69, 9.17) is 11.6 Å². The molecule has 1 aromatic carbocycles. The molecule has 0 radical (unpaired) electrons. The average Bonchev–Trinajstić information content (AvgIpc) is 3.18. The van der Waals surface area contributed by atoms with E-state index in [0.717, 1.165) is 38.5 Å². The van der Waals surface area contributed by atoms with Gasteiger partial charge in [0.25, 0.3) is 0 Å². The highest BCUT2D eigenvalue weighted by Gasteiger charge is 2.61. The van der Waals surface area contributed by atoms with Crippen molar-refractivity contribution in [2.75, 3.05) is 5.32 Å². The van der Waals surface area contributed by atoms with E-state index in [1.807, 2.05) is 4.68 Å². The van der Waals surface area contributed by atoms with Gasteiger partial charge in [0, 0.05) is 5.69 Å². The van der Waals surface area contributed by atoms with Crippen molar-refractivity contribution in [3.05, 3.63) is 35.9 Å². The zero-order valence-corrected chi connectivity index (χ0v) is 16.4. The van der Waals surface area contributed by atoms with Crippen LogP contribution in [0.15, 0.2) is 30.9 Å². The molecular formula is C20H21ClF2N4O2. The number of hydrogen-bond acceptors (Lipinski definition) is 4. The molecule has 0 saturated heterocycles. The number of carbonyl (C=O) groups excluding carboxylic acids is 1. The number of nitrogens with one attached hydrogen (secondary N) is 1. The van der Waals surface area contributed by atoms with E-state index in [1.165, 1.54) is 18.2 Å². The van der Waals surface area contributed by atoms with Crippen LogP contribution in [0.4, 0.5) is 14.5 Å². The molecule has 29 heavy (non-hydrogen) atoms. The summed E-state index contributed by atoms with van der Waals surface area (Å²) in [6, 6.07) is 4.33. The van der Waals surface area contributed by atoms with Gasteiger partial charge in [0.1, 0.15) is 18.4 Å². The van der Waals surface area contributed by atoms with Crippen molar-refractivity contribution in [2.45, 2.75) is 50.7 Å². The summed E-state index contributed by atoms with van der Waals surface area (Å²) < 4.78 is 31.2. The lowest BCUT2D eigenvalue weighted by atomic mass is 9.46. The third kappa shape index (κ3) is 3.17. The lowest BCUT2D eigenvalue weighted by Gasteiger charge is -2.60. The molecule has 1 amide bonds. The van der Waals surface area contributed by atoms with Gasteiger partial charge in [0.2, 0.25) is 5.91 Å². The quantitative estimate of drug-likeness (QED) is 0.772. The molecule has 2 atom stereocenters. The van der Waals surface area contributed by atoms with Crippen LogP contribution in [0.3, 0.4) is 0 Å². The minimum atomic E-state index is -2.95. The van der Waals surface area contributed by atoms with E-state index in [0.29, 0.717) is 17.5 Å². The van der Waals surface area contributed by atoms with Gasteiger partial charge >= 0.3 is 6.61 Å². The lowest BCUT2D eigenvalue weighted by molar-refractivity contribution is -0.150. The fourth-order valence-corrected chi connectivity index (χ4v) is 6.46. The minimum Gasteiger partial charge on any atom is -0.433 e. The molecule has 4 saturated carbocycles. The maximum atomic E-state index is 13.4. The second kappa shape index (κ2) is 6.65. The average molecular weight is 423 g/mol. The van der Waals surface area contributed by atoms with Gasteiger partial charge in [-0.3, -0.25) is 4.79 Å². The molecule has 154 valence electrons. The first-order valence-corrected chi connectivity index (χ1v) is 10.2. The number of ether oxygens (including phenoxy) is 1. The monoisotopic (exact) mass is 422 g/mol. The van der Waals surface area contributed by atoms with E-state index in [9.17, 15) is 13.6 Å². The molecule has 1 N–H and O–H groups in total. The van der Waals surface area contributed by atoms with Crippen molar-refractivity contribution in [1.82, 2.24) is 14.8 Å². The normalized spacial score (nSPS) is 32.6. The number of halogens is 3. The fraction of sp³-hybridized carbons (Fsp3) is 0.550. The Hall–Kier alpha value is -2.22. The van der Waals surface area contributed by atoms with E-state index in [-0.39, 0.29) is 22.2 Å². The Kier molecular flexibility index (Phi) is 4.31. The molecule has 0 spiro atoms. The van der Waals surface area contributed by atoms with Gasteiger partial charge < -0.3 is 10.1 Å². The van der Waals surface area contributed by atoms with Crippen LogP contribution in [0.5, 0.6) is 5.75 Å². The summed E-state index contributed by atoms with van der Waals surface area (Å²) in [4.78, 5) is 17.5. The van der Waals surface area contributed by atoms with Crippen molar-refractivity contribution in [3.63, 3.8) is 0 Å². The molecule has 2 aromatic rings. The zero-order chi connectivity index (χ0) is 20.2. The molecule has 4 aliphatic rings. The molecule has 1 heterocycles. The minimum absolute atomic E-state index is 0.0327. The van der Waals surface area contributed by atoms with Crippen LogP contribution in [-0.4, -0.2) is 27.3 Å². The second-order valence-electron chi connectivity index (χ2n) is 8.78. The predicted octanol–water partition coefficient (Wildman–Crippen LogP) is 4.47. The Bertz CT molecular complexity index is 923. The van der Waals surface area contributed by atoms with Crippen molar-refractivity contribution < 1.29 is 18.3 Å². The van der Waals surface area contributed by atoms with Gasteiger partial charge in [-0.1, -0.05) is 11.6 Å². The fourth-order valence-electron chi connectivity index (χ4n) is 6.23. The van der Waals surface area contributed by atoms with Crippen LogP contribution in [0.1, 0.15) is 38.5 Å². The van der Waals surface area contributed by atoms with Crippen molar-refractivity contribution >= 4 is 23.2 Å². The van der Waals surface area contributed by atoms with Crippen LogP contribution >= 0.6 is 11.6 Å². The number of alkyl halides is 2. The topological polar surface area (TPSA) is 69.0 Å². The molecule has 1 aromatic heterocycles. The van der Waals surface area contributed by atoms with Crippen LogP contribution in [0.25, 0.3) is 0 Å². The van der Waals surface area contributed by atoms with Crippen molar-refractivity contribution in [3.8, 4) is 5.75 Å². The van der Waals surface area contributed by atoms with Crippen LogP contribution in [0, 0.1) is 17.3 Å². The third-order valence-electron chi connectivity index (χ3n) is 6.82. The summed E-state index contributed by atoms with van der Waals surface area (Å²) in [5, 5.41) is 7.41. The summed E-state index contributed by atoms with van der Waals surface area (Å²) in [6.45, 7) is -2.95. The highest BCUT2D eigenvalue weighted by molar-refractivity contribution is 6.32. The highest BCUT2D eigenvalue weighted by Crippen LogP contribution is 2.64. The number of anilines is 1. The standard InChI is InChI=1S/C20H21ClF2N4O2/c21-15-4-14(1-2-16(15)29-18(22)23)26-17(28)19-5-12-3-13(6-19)8-20(7-12,9-19)27-11-24-10-25-27/h1-2,4,10-13,18H,3,5-9H2,(H,26,28)/t12-,13-,19?,20?/m1/s1. The maximum Gasteiger partial charge on any atom is 0.387 e. The summed E-state index contributed by atoms with van der Waals surface area (Å²) >= 11 is 6.04. The number of carbonyl (C=O) groups is 1. The predicted molar refractivity (Wildman–Crippen MR) is 102 cm³/mol. The SMILES string of the molecule is O=C(Nc1ccc(OC(F)F)c(Cl)c1)C12C[C@H]3C[C@H](C1)CC(n1cncn1)(C3)C2. The number of aromatic nitrogens is 3. The van der Waals surface area contributed by atoms with Crippen LogP contribution in [-0.2, 0) is 10.3 Å². The van der Waals surface area contributed by atoms with Crippen molar-refractivity contribution in [1.29, 1.82) is 0 Å². The Morgan fingerprint density at radius 2 is 2.03 bits per heavy atom. The van der Waals surface area contributed by atoms with E-state index >= 15 is 0 Å². The van der Waals surface area contributed by atoms with Gasteiger partial charge in [-0.15, -0.1) is 0 Å². The Morgan fingerprint density at radius 1 is 1.28 bits per heavy atom. The van der Waals surface area contributed by atoms with E-state index in [2.05, 4.69) is 20.1 Å². The zero-order valence-electron chi connectivity index (χ0n) is 15.7. The molecule has 6 rings (SSSR count). The molecule has 9 heteroatoms. The Morgan fingerprint density at radius 3 is 2.66 bits per heavy atom. The van der Waals surface area contributed by atoms with Gasteiger partial charge in [0.15, 0.2) is 0 Å². The second-order valence-corrected chi connectivity index (χ2v) is 9.19. The Labute approximate surface area is 171 Å². The number of rotatable bonds is 5. The molecule has 6 nitrogen and oxygen atoms in total. The molecule has 4 bridgehead atoms. The smallest absolute Gasteiger partial charge is 0.387 e. The van der Waals surface area contributed by atoms with Crippen LogP contribution < -0.4 is 10.1 Å².